The zero-order valence-corrected chi connectivity index (χ0v) is 21.6. The number of nitrogens with zero attached hydrogens (tertiary/aromatic N) is 6. The molecule has 198 valence electrons. The first-order valence-corrected chi connectivity index (χ1v) is 13.3. The van der Waals surface area contributed by atoms with E-state index in [1.165, 1.54) is 0 Å². The van der Waals surface area contributed by atoms with Gasteiger partial charge in [-0.1, -0.05) is 24.3 Å². The fraction of sp³-hybridized carbons (Fsp3) is 0.200. The third kappa shape index (κ3) is 4.53. The number of likely N-dealkylation sites (tertiary alicyclic amines) is 2. The van der Waals surface area contributed by atoms with Crippen LogP contribution in [-0.4, -0.2) is 72.7 Å². The Morgan fingerprint density at radius 2 is 1.50 bits per heavy atom. The van der Waals surface area contributed by atoms with Crippen LogP contribution in [0.1, 0.15) is 20.8 Å². The van der Waals surface area contributed by atoms with Crippen LogP contribution in [0.15, 0.2) is 85.2 Å². The molecule has 40 heavy (non-hydrogen) atoms. The van der Waals surface area contributed by atoms with Gasteiger partial charge in [0, 0.05) is 56.0 Å². The van der Waals surface area contributed by atoms with E-state index in [2.05, 4.69) is 30.2 Å². The number of nitrogens with one attached hydrogen (secondary N) is 2. The Morgan fingerprint density at radius 1 is 0.750 bits per heavy atom. The number of carbonyl (C=O) groups excluding carboxylic acids is 2. The van der Waals surface area contributed by atoms with Crippen LogP contribution < -0.4 is 5.32 Å². The van der Waals surface area contributed by atoms with E-state index < -0.39 is 0 Å². The normalized spacial score (nSPS) is 18.2. The Balaban J connectivity index is 1.00. The van der Waals surface area contributed by atoms with Crippen molar-refractivity contribution in [3.63, 3.8) is 0 Å². The van der Waals surface area contributed by atoms with E-state index in [1.54, 1.807) is 30.6 Å². The van der Waals surface area contributed by atoms with Gasteiger partial charge in [-0.3, -0.25) is 9.59 Å². The van der Waals surface area contributed by atoms with Crippen LogP contribution in [0.2, 0.25) is 0 Å². The number of rotatable bonds is 5. The van der Waals surface area contributed by atoms with Crippen molar-refractivity contribution >= 4 is 34.5 Å². The SMILES string of the molecule is O=C(c1ccnc(Nc2ccccn2)c1)N1CC2CN(C(=O)c3cccc(-c4nc5ccccc5[nH]4)n3)CC2C1. The van der Waals surface area contributed by atoms with Gasteiger partial charge in [-0.25, -0.2) is 19.9 Å². The average molecular weight is 531 g/mol. The zero-order valence-electron chi connectivity index (χ0n) is 21.6. The number of H-pyrrole nitrogens is 1. The predicted octanol–water partition coefficient (Wildman–Crippen LogP) is 4.00. The fourth-order valence-electron chi connectivity index (χ4n) is 5.63. The van der Waals surface area contributed by atoms with Gasteiger partial charge in [0.1, 0.15) is 23.0 Å². The summed E-state index contributed by atoms with van der Waals surface area (Å²) >= 11 is 0. The van der Waals surface area contributed by atoms with Crippen molar-refractivity contribution in [2.24, 2.45) is 11.8 Å². The number of aromatic nitrogens is 5. The van der Waals surface area contributed by atoms with Gasteiger partial charge in [0.25, 0.3) is 11.8 Å². The van der Waals surface area contributed by atoms with Crippen LogP contribution in [0.4, 0.5) is 11.6 Å². The zero-order chi connectivity index (χ0) is 27.1. The molecule has 2 aliphatic heterocycles. The molecule has 0 aliphatic carbocycles. The van der Waals surface area contributed by atoms with E-state index in [4.69, 9.17) is 0 Å². The van der Waals surface area contributed by atoms with Crippen LogP contribution >= 0.6 is 0 Å². The number of aromatic amines is 1. The second-order valence-electron chi connectivity index (χ2n) is 10.2. The minimum absolute atomic E-state index is 0.0288. The highest BCUT2D eigenvalue weighted by atomic mass is 16.2. The quantitative estimate of drug-likeness (QED) is 0.352. The molecule has 4 aromatic heterocycles. The molecule has 0 saturated carbocycles. The Labute approximate surface area is 230 Å². The number of hydrogen-bond acceptors (Lipinski definition) is 7. The van der Waals surface area contributed by atoms with E-state index in [1.807, 2.05) is 64.4 Å². The minimum atomic E-state index is -0.0930. The molecule has 0 bridgehead atoms. The number of carbonyl (C=O) groups is 2. The lowest BCUT2D eigenvalue weighted by Crippen LogP contribution is -2.36. The smallest absolute Gasteiger partial charge is 0.272 e. The Bertz CT molecular complexity index is 1670. The van der Waals surface area contributed by atoms with Gasteiger partial charge in [0.2, 0.25) is 0 Å². The lowest BCUT2D eigenvalue weighted by atomic mass is 10.0. The number of hydrogen-bond donors (Lipinski definition) is 2. The molecule has 0 spiro atoms. The fourth-order valence-corrected chi connectivity index (χ4v) is 5.63. The molecule has 0 radical (unpaired) electrons. The molecule has 6 heterocycles. The number of anilines is 2. The second kappa shape index (κ2) is 9.88. The highest BCUT2D eigenvalue weighted by Crippen LogP contribution is 2.33. The highest BCUT2D eigenvalue weighted by molar-refractivity contribution is 5.95. The lowest BCUT2D eigenvalue weighted by molar-refractivity contribution is 0.0735. The molecule has 2 atom stereocenters. The number of imidazole rings is 1. The number of fused-ring (bicyclic) bond motifs is 2. The van der Waals surface area contributed by atoms with Gasteiger partial charge in [0.05, 0.1) is 11.0 Å². The maximum absolute atomic E-state index is 13.4. The van der Waals surface area contributed by atoms with E-state index in [-0.39, 0.29) is 23.7 Å². The van der Waals surface area contributed by atoms with Crippen molar-refractivity contribution in [1.29, 1.82) is 0 Å². The first-order valence-electron chi connectivity index (χ1n) is 13.3. The number of amides is 2. The largest absolute Gasteiger partial charge is 0.338 e. The molecular formula is C30H26N8O2. The summed E-state index contributed by atoms with van der Waals surface area (Å²) in [6.45, 7) is 2.44. The summed E-state index contributed by atoms with van der Waals surface area (Å²) in [6, 6.07) is 22.3. The van der Waals surface area contributed by atoms with E-state index >= 15 is 0 Å². The Kier molecular flexibility index (Phi) is 5.92. The molecule has 10 heteroatoms. The van der Waals surface area contributed by atoms with Crippen LogP contribution in [-0.2, 0) is 0 Å². The van der Waals surface area contributed by atoms with Crippen LogP contribution in [0.5, 0.6) is 0 Å². The first kappa shape index (κ1) is 24.0. The van der Waals surface area contributed by atoms with Crippen molar-refractivity contribution in [3.8, 4) is 11.5 Å². The molecule has 2 aliphatic rings. The predicted molar refractivity (Wildman–Crippen MR) is 150 cm³/mol. The minimum Gasteiger partial charge on any atom is -0.338 e. The van der Waals surface area contributed by atoms with Crippen molar-refractivity contribution in [2.45, 2.75) is 0 Å². The van der Waals surface area contributed by atoms with Crippen molar-refractivity contribution < 1.29 is 9.59 Å². The van der Waals surface area contributed by atoms with E-state index in [0.717, 1.165) is 11.0 Å². The average Bonchev–Trinajstić information content (AvgIpc) is 3.71. The van der Waals surface area contributed by atoms with Gasteiger partial charge in [-0.2, -0.15) is 0 Å². The van der Waals surface area contributed by atoms with Gasteiger partial charge in [0.15, 0.2) is 5.82 Å². The van der Waals surface area contributed by atoms with Gasteiger partial charge < -0.3 is 20.1 Å². The summed E-state index contributed by atoms with van der Waals surface area (Å²) in [5.74, 6) is 2.22. The van der Waals surface area contributed by atoms with Crippen LogP contribution in [0.25, 0.3) is 22.6 Å². The number of para-hydroxylation sites is 2. The second-order valence-corrected chi connectivity index (χ2v) is 10.2. The van der Waals surface area contributed by atoms with Crippen LogP contribution in [0, 0.1) is 11.8 Å². The molecule has 5 aromatic rings. The summed E-state index contributed by atoms with van der Waals surface area (Å²) in [4.78, 5) is 51.5. The molecule has 1 aromatic carbocycles. The molecular weight excluding hydrogens is 504 g/mol. The topological polar surface area (TPSA) is 120 Å². The van der Waals surface area contributed by atoms with Crippen molar-refractivity contribution in [2.75, 3.05) is 31.5 Å². The van der Waals surface area contributed by atoms with Gasteiger partial charge >= 0.3 is 0 Å². The Hall–Kier alpha value is -5.12. The third-order valence-corrected chi connectivity index (χ3v) is 7.59. The molecule has 2 unspecified atom stereocenters. The first-order chi connectivity index (χ1) is 19.6. The molecule has 2 saturated heterocycles. The molecule has 7 rings (SSSR count). The number of benzene rings is 1. The van der Waals surface area contributed by atoms with Crippen molar-refractivity contribution in [3.05, 3.63) is 96.4 Å². The van der Waals surface area contributed by atoms with Crippen molar-refractivity contribution in [1.82, 2.24) is 34.7 Å². The summed E-state index contributed by atoms with van der Waals surface area (Å²) in [7, 11) is 0. The van der Waals surface area contributed by atoms with E-state index in [9.17, 15) is 9.59 Å². The summed E-state index contributed by atoms with van der Waals surface area (Å²) < 4.78 is 0. The highest BCUT2D eigenvalue weighted by Gasteiger charge is 2.43. The van der Waals surface area contributed by atoms with Crippen LogP contribution in [0.3, 0.4) is 0 Å². The molecule has 2 N–H and O–H groups in total. The van der Waals surface area contributed by atoms with Gasteiger partial charge in [-0.15, -0.1) is 0 Å². The molecule has 10 nitrogen and oxygen atoms in total. The summed E-state index contributed by atoms with van der Waals surface area (Å²) in [6.07, 6.45) is 3.32. The summed E-state index contributed by atoms with van der Waals surface area (Å²) in [5, 5.41) is 3.14. The van der Waals surface area contributed by atoms with Gasteiger partial charge in [-0.05, 0) is 48.5 Å². The standard InChI is InChI=1S/C30H26N8O2/c39-29(19-11-13-32-27(14-19)36-26-10-3-4-12-31-26)37-15-20-17-38(18-21(20)16-37)30(40)25-9-5-8-24(33-25)28-34-22-6-1-2-7-23(22)35-28/h1-14,20-21H,15-18H2,(H,34,35)(H,31,32,36). The summed E-state index contributed by atoms with van der Waals surface area (Å²) in [5.41, 5.74) is 3.39. The third-order valence-electron chi connectivity index (χ3n) is 7.59. The Morgan fingerprint density at radius 3 is 2.27 bits per heavy atom. The number of pyridine rings is 3. The maximum Gasteiger partial charge on any atom is 0.272 e. The van der Waals surface area contributed by atoms with E-state index in [0.29, 0.717) is 60.6 Å². The molecule has 2 fully saturated rings. The molecule has 2 amide bonds. The maximum atomic E-state index is 13.4. The monoisotopic (exact) mass is 530 g/mol. The lowest BCUT2D eigenvalue weighted by Gasteiger charge is -2.22.